The van der Waals surface area contributed by atoms with Gasteiger partial charge in [-0.1, -0.05) is 48.0 Å². The summed E-state index contributed by atoms with van der Waals surface area (Å²) in [5.41, 5.74) is 3.27. The minimum atomic E-state index is -0.729. The SMILES string of the molecule is COc1ccc(N2C(=O)CN(c3ccc(C)cc3)C(=O)[C@H]2c2ccccc2)cc1. The van der Waals surface area contributed by atoms with E-state index in [9.17, 15) is 9.59 Å². The highest BCUT2D eigenvalue weighted by Gasteiger charge is 2.41. The molecule has 29 heavy (non-hydrogen) atoms. The number of aryl methyl sites for hydroxylation is 1. The number of hydrogen-bond donors (Lipinski definition) is 0. The number of piperazine rings is 1. The van der Waals surface area contributed by atoms with Gasteiger partial charge in [-0.2, -0.15) is 0 Å². The summed E-state index contributed by atoms with van der Waals surface area (Å²) in [5.74, 6) is 0.432. The summed E-state index contributed by atoms with van der Waals surface area (Å²) in [6, 6.07) is 23.5. The van der Waals surface area contributed by atoms with Gasteiger partial charge in [0.1, 0.15) is 18.3 Å². The van der Waals surface area contributed by atoms with Gasteiger partial charge in [0.25, 0.3) is 5.91 Å². The molecule has 3 aromatic rings. The Morgan fingerprint density at radius 2 is 1.45 bits per heavy atom. The van der Waals surface area contributed by atoms with Crippen LogP contribution in [0.3, 0.4) is 0 Å². The Labute approximate surface area is 170 Å². The largest absolute Gasteiger partial charge is 0.497 e. The monoisotopic (exact) mass is 386 g/mol. The Kier molecular flexibility index (Phi) is 5.04. The standard InChI is InChI=1S/C24H22N2O3/c1-17-8-10-19(11-9-17)25-16-22(27)26(20-12-14-21(29-2)15-13-20)23(24(25)28)18-6-4-3-5-7-18/h3-15,23H,16H2,1-2H3/t23-/m1/s1. The number of anilines is 2. The third-order valence-electron chi connectivity index (χ3n) is 5.13. The molecule has 0 unspecified atom stereocenters. The van der Waals surface area contributed by atoms with Crippen molar-refractivity contribution in [1.29, 1.82) is 0 Å². The van der Waals surface area contributed by atoms with Gasteiger partial charge in [-0.25, -0.2) is 0 Å². The minimum absolute atomic E-state index is 0.00272. The zero-order valence-corrected chi connectivity index (χ0v) is 16.4. The lowest BCUT2D eigenvalue weighted by atomic mass is 9.99. The van der Waals surface area contributed by atoms with Crippen molar-refractivity contribution in [2.45, 2.75) is 13.0 Å². The van der Waals surface area contributed by atoms with Gasteiger partial charge in [-0.05, 0) is 48.9 Å². The van der Waals surface area contributed by atoms with Crippen LogP contribution in [0, 0.1) is 6.92 Å². The first-order valence-electron chi connectivity index (χ1n) is 9.47. The number of amides is 2. The third kappa shape index (κ3) is 3.59. The quantitative estimate of drug-likeness (QED) is 0.678. The molecule has 3 aromatic carbocycles. The molecule has 2 amide bonds. The van der Waals surface area contributed by atoms with Gasteiger partial charge in [0.05, 0.1) is 7.11 Å². The van der Waals surface area contributed by atoms with E-state index < -0.39 is 6.04 Å². The maximum Gasteiger partial charge on any atom is 0.255 e. The van der Waals surface area contributed by atoms with Gasteiger partial charge in [0.2, 0.25) is 5.91 Å². The fourth-order valence-corrected chi connectivity index (χ4v) is 3.60. The molecule has 0 spiro atoms. The Balaban J connectivity index is 1.78. The molecule has 5 heteroatoms. The normalized spacial score (nSPS) is 16.8. The van der Waals surface area contributed by atoms with Crippen LogP contribution in [0.25, 0.3) is 0 Å². The summed E-state index contributed by atoms with van der Waals surface area (Å²) in [6.45, 7) is 1.99. The molecule has 0 radical (unpaired) electrons. The summed E-state index contributed by atoms with van der Waals surface area (Å²) in [5, 5.41) is 0. The van der Waals surface area contributed by atoms with Gasteiger partial charge >= 0.3 is 0 Å². The second-order valence-electron chi connectivity index (χ2n) is 7.03. The highest BCUT2D eigenvalue weighted by atomic mass is 16.5. The predicted molar refractivity (Wildman–Crippen MR) is 113 cm³/mol. The fraction of sp³-hybridized carbons (Fsp3) is 0.167. The average molecular weight is 386 g/mol. The van der Waals surface area contributed by atoms with E-state index in [1.807, 2.05) is 73.7 Å². The summed E-state index contributed by atoms with van der Waals surface area (Å²) in [6.07, 6.45) is 0. The van der Waals surface area contributed by atoms with Crippen LogP contribution in [0.2, 0.25) is 0 Å². The summed E-state index contributed by atoms with van der Waals surface area (Å²) < 4.78 is 5.22. The molecule has 146 valence electrons. The number of carbonyl (C=O) groups is 2. The van der Waals surface area contributed by atoms with Gasteiger partial charge in [-0.15, -0.1) is 0 Å². The maximum atomic E-state index is 13.6. The summed E-state index contributed by atoms with van der Waals surface area (Å²) in [4.78, 5) is 30.0. The Morgan fingerprint density at radius 1 is 0.828 bits per heavy atom. The van der Waals surface area contributed by atoms with Crippen LogP contribution in [0.5, 0.6) is 5.75 Å². The highest BCUT2D eigenvalue weighted by Crippen LogP contribution is 2.35. The zero-order valence-electron chi connectivity index (χ0n) is 16.4. The highest BCUT2D eigenvalue weighted by molar-refractivity contribution is 6.14. The van der Waals surface area contributed by atoms with Crippen molar-refractivity contribution in [1.82, 2.24) is 0 Å². The average Bonchev–Trinajstić information content (AvgIpc) is 2.76. The van der Waals surface area contributed by atoms with Crippen molar-refractivity contribution in [2.24, 2.45) is 0 Å². The smallest absolute Gasteiger partial charge is 0.255 e. The molecule has 0 aliphatic carbocycles. The van der Waals surface area contributed by atoms with E-state index in [2.05, 4.69) is 0 Å². The number of hydrogen-bond acceptors (Lipinski definition) is 3. The maximum absolute atomic E-state index is 13.6. The van der Waals surface area contributed by atoms with E-state index in [-0.39, 0.29) is 18.4 Å². The third-order valence-corrected chi connectivity index (χ3v) is 5.13. The van der Waals surface area contributed by atoms with E-state index in [1.54, 1.807) is 29.0 Å². The molecular weight excluding hydrogens is 364 g/mol. The molecule has 1 saturated heterocycles. The molecule has 0 N–H and O–H groups in total. The van der Waals surface area contributed by atoms with Gasteiger partial charge in [0, 0.05) is 11.4 Å². The van der Waals surface area contributed by atoms with Crippen molar-refractivity contribution in [3.8, 4) is 5.75 Å². The van der Waals surface area contributed by atoms with Crippen LogP contribution in [-0.2, 0) is 9.59 Å². The van der Waals surface area contributed by atoms with E-state index in [4.69, 9.17) is 4.74 Å². The van der Waals surface area contributed by atoms with Crippen LogP contribution >= 0.6 is 0 Å². The summed E-state index contributed by atoms with van der Waals surface area (Å²) in [7, 11) is 1.59. The second-order valence-corrected chi connectivity index (χ2v) is 7.03. The number of benzene rings is 3. The van der Waals surface area contributed by atoms with Crippen molar-refractivity contribution in [3.63, 3.8) is 0 Å². The first-order valence-corrected chi connectivity index (χ1v) is 9.47. The summed E-state index contributed by atoms with van der Waals surface area (Å²) >= 11 is 0. The van der Waals surface area contributed by atoms with Crippen LogP contribution in [0.4, 0.5) is 11.4 Å². The second kappa shape index (κ2) is 7.80. The number of nitrogens with zero attached hydrogens (tertiary/aromatic N) is 2. The minimum Gasteiger partial charge on any atom is -0.497 e. The molecule has 5 nitrogen and oxygen atoms in total. The van der Waals surface area contributed by atoms with Gasteiger partial charge in [0.15, 0.2) is 0 Å². The van der Waals surface area contributed by atoms with Gasteiger partial charge < -0.3 is 9.64 Å². The predicted octanol–water partition coefficient (Wildman–Crippen LogP) is 4.12. The molecule has 1 atom stereocenters. The zero-order chi connectivity index (χ0) is 20.4. The number of methoxy groups -OCH3 is 1. The molecule has 1 heterocycles. The lowest BCUT2D eigenvalue weighted by Gasteiger charge is -2.40. The van der Waals surface area contributed by atoms with Crippen LogP contribution in [0.1, 0.15) is 17.2 Å². The first-order chi connectivity index (χ1) is 14.1. The molecule has 1 aliphatic heterocycles. The Bertz CT molecular complexity index is 1010. The first kappa shape index (κ1) is 18.7. The van der Waals surface area contributed by atoms with E-state index >= 15 is 0 Å². The fourth-order valence-electron chi connectivity index (χ4n) is 3.60. The van der Waals surface area contributed by atoms with Crippen molar-refractivity contribution < 1.29 is 14.3 Å². The molecule has 4 rings (SSSR count). The molecule has 1 fully saturated rings. The number of carbonyl (C=O) groups excluding carboxylic acids is 2. The topological polar surface area (TPSA) is 49.9 Å². The molecule has 0 aromatic heterocycles. The number of ether oxygens (including phenoxy) is 1. The van der Waals surface area contributed by atoms with Crippen molar-refractivity contribution >= 4 is 23.2 Å². The lowest BCUT2D eigenvalue weighted by Crippen LogP contribution is -2.56. The van der Waals surface area contributed by atoms with Crippen molar-refractivity contribution in [2.75, 3.05) is 23.5 Å². The van der Waals surface area contributed by atoms with Crippen LogP contribution in [0.15, 0.2) is 78.9 Å². The molecule has 0 bridgehead atoms. The molecular formula is C24H22N2O3. The van der Waals surface area contributed by atoms with Gasteiger partial charge in [-0.3, -0.25) is 14.5 Å². The van der Waals surface area contributed by atoms with E-state index in [0.717, 1.165) is 16.8 Å². The van der Waals surface area contributed by atoms with Crippen LogP contribution < -0.4 is 14.5 Å². The van der Waals surface area contributed by atoms with E-state index in [0.29, 0.717) is 11.4 Å². The molecule has 0 saturated carbocycles. The van der Waals surface area contributed by atoms with E-state index in [1.165, 1.54) is 0 Å². The van der Waals surface area contributed by atoms with Crippen LogP contribution in [-0.4, -0.2) is 25.5 Å². The lowest BCUT2D eigenvalue weighted by molar-refractivity contribution is -0.128. The Morgan fingerprint density at radius 3 is 2.07 bits per heavy atom. The van der Waals surface area contributed by atoms with Crippen molar-refractivity contribution in [3.05, 3.63) is 90.0 Å². The number of rotatable bonds is 4. The molecule has 1 aliphatic rings. The Hall–Kier alpha value is -3.60.